The Hall–Kier alpha value is -2.50. The van der Waals surface area contributed by atoms with E-state index in [0.717, 1.165) is 19.3 Å². The van der Waals surface area contributed by atoms with Gasteiger partial charge in [0.25, 0.3) is 8.32 Å². The summed E-state index contributed by atoms with van der Waals surface area (Å²) in [6.45, 7) is 13.1. The zero-order valence-electron chi connectivity index (χ0n) is 22.0. The lowest BCUT2D eigenvalue weighted by Gasteiger charge is -2.43. The quantitative estimate of drug-likeness (QED) is 0.242. The van der Waals surface area contributed by atoms with Crippen LogP contribution in [0.3, 0.4) is 0 Å². The Morgan fingerprint density at radius 3 is 1.89 bits per heavy atom. The number of hydrogen-bond donors (Lipinski definition) is 0. The monoisotopic (exact) mass is 500 g/mol. The van der Waals surface area contributed by atoms with Crippen LogP contribution in [0, 0.1) is 0 Å². The van der Waals surface area contributed by atoms with Crippen LogP contribution in [0.25, 0.3) is 0 Å². The van der Waals surface area contributed by atoms with E-state index in [2.05, 4.69) is 100 Å². The molecule has 2 atom stereocenters. The zero-order valence-corrected chi connectivity index (χ0v) is 23.0. The maximum absolute atomic E-state index is 7.08. The molecule has 1 aliphatic heterocycles. The predicted molar refractivity (Wildman–Crippen MR) is 151 cm³/mol. The van der Waals surface area contributed by atoms with Crippen LogP contribution in [-0.4, -0.2) is 33.7 Å². The van der Waals surface area contributed by atoms with Crippen molar-refractivity contribution in [1.82, 2.24) is 0 Å². The lowest BCUT2D eigenvalue weighted by atomic mass is 9.98. The summed E-state index contributed by atoms with van der Waals surface area (Å²) in [5.74, 6) is 0. The Balaban J connectivity index is 1.42. The summed E-state index contributed by atoms with van der Waals surface area (Å²) < 4.78 is 19.5. The van der Waals surface area contributed by atoms with Gasteiger partial charge in [0.2, 0.25) is 0 Å². The predicted octanol–water partition coefficient (Wildman–Crippen LogP) is 6.27. The molecular formula is C32H40O3Si. The average Bonchev–Trinajstić information content (AvgIpc) is 2.87. The lowest BCUT2D eigenvalue weighted by molar-refractivity contribution is -0.0797. The first-order valence-electron chi connectivity index (χ1n) is 13.1. The van der Waals surface area contributed by atoms with Gasteiger partial charge >= 0.3 is 0 Å². The van der Waals surface area contributed by atoms with Gasteiger partial charge in [-0.15, -0.1) is 0 Å². The standard InChI is InChI=1S/C32H40O3Si/c1-26-22-28(35-29(23-26)25-33-24-27-14-8-5-9-15-27)20-21-34-36(32(2,3)4,30-16-10-6-11-17-30)31-18-12-7-13-19-31/h5-19,28-29H,1,20-25H2,2-4H3/t28-,29-/m1/s1. The van der Waals surface area contributed by atoms with E-state index in [1.165, 1.54) is 21.5 Å². The van der Waals surface area contributed by atoms with Gasteiger partial charge < -0.3 is 13.9 Å². The van der Waals surface area contributed by atoms with Gasteiger partial charge in [0.05, 0.1) is 25.4 Å². The summed E-state index contributed by atoms with van der Waals surface area (Å²) in [6, 6.07) is 31.9. The number of benzene rings is 3. The summed E-state index contributed by atoms with van der Waals surface area (Å²) in [7, 11) is -2.53. The van der Waals surface area contributed by atoms with Crippen molar-refractivity contribution in [3.05, 3.63) is 109 Å². The summed E-state index contributed by atoms with van der Waals surface area (Å²) in [5, 5.41) is 2.59. The maximum atomic E-state index is 7.08. The molecule has 36 heavy (non-hydrogen) atoms. The Morgan fingerprint density at radius 2 is 1.33 bits per heavy atom. The molecule has 4 heteroatoms. The van der Waals surface area contributed by atoms with Gasteiger partial charge in [-0.25, -0.2) is 0 Å². The van der Waals surface area contributed by atoms with E-state index in [-0.39, 0.29) is 17.2 Å². The molecule has 1 aliphatic rings. The second-order valence-electron chi connectivity index (χ2n) is 10.8. The summed E-state index contributed by atoms with van der Waals surface area (Å²) >= 11 is 0. The topological polar surface area (TPSA) is 27.7 Å². The molecule has 1 fully saturated rings. The summed E-state index contributed by atoms with van der Waals surface area (Å²) in [4.78, 5) is 0. The van der Waals surface area contributed by atoms with Crippen LogP contribution in [0.2, 0.25) is 5.04 Å². The van der Waals surface area contributed by atoms with Crippen molar-refractivity contribution in [2.24, 2.45) is 0 Å². The third kappa shape index (κ3) is 6.43. The molecule has 0 bridgehead atoms. The van der Waals surface area contributed by atoms with E-state index in [1.54, 1.807) is 0 Å². The highest BCUT2D eigenvalue weighted by Crippen LogP contribution is 2.37. The van der Waals surface area contributed by atoms with Crippen molar-refractivity contribution in [3.63, 3.8) is 0 Å². The first-order valence-corrected chi connectivity index (χ1v) is 15.0. The van der Waals surface area contributed by atoms with Crippen LogP contribution in [0.15, 0.2) is 103 Å². The zero-order chi connectivity index (χ0) is 25.4. The van der Waals surface area contributed by atoms with E-state index < -0.39 is 8.32 Å². The van der Waals surface area contributed by atoms with Gasteiger partial charge in [-0.05, 0) is 40.2 Å². The van der Waals surface area contributed by atoms with Gasteiger partial charge in [-0.3, -0.25) is 0 Å². The first-order chi connectivity index (χ1) is 17.4. The van der Waals surface area contributed by atoms with Crippen molar-refractivity contribution in [1.29, 1.82) is 0 Å². The Kier molecular flexibility index (Phi) is 8.97. The summed E-state index contributed by atoms with van der Waals surface area (Å²) in [5.41, 5.74) is 2.42. The van der Waals surface area contributed by atoms with Gasteiger partial charge in [0.15, 0.2) is 0 Å². The Morgan fingerprint density at radius 1 is 0.806 bits per heavy atom. The highest BCUT2D eigenvalue weighted by molar-refractivity contribution is 6.99. The Labute approximate surface area is 218 Å². The molecule has 0 unspecified atom stereocenters. The van der Waals surface area contributed by atoms with E-state index >= 15 is 0 Å². The van der Waals surface area contributed by atoms with Gasteiger partial charge in [-0.1, -0.05) is 124 Å². The third-order valence-corrected chi connectivity index (χ3v) is 12.1. The fourth-order valence-corrected chi connectivity index (χ4v) is 9.93. The van der Waals surface area contributed by atoms with Crippen molar-refractivity contribution in [2.75, 3.05) is 13.2 Å². The lowest BCUT2D eigenvalue weighted by Crippen LogP contribution is -2.66. The average molecular weight is 501 g/mol. The van der Waals surface area contributed by atoms with E-state index in [4.69, 9.17) is 13.9 Å². The second-order valence-corrected chi connectivity index (χ2v) is 15.1. The first kappa shape index (κ1) is 26.6. The largest absolute Gasteiger partial charge is 0.407 e. The number of rotatable bonds is 10. The van der Waals surface area contributed by atoms with Crippen LogP contribution in [-0.2, 0) is 20.5 Å². The number of ether oxygens (including phenoxy) is 2. The Bertz CT molecular complexity index is 1040. The molecule has 0 aromatic heterocycles. The smallest absolute Gasteiger partial charge is 0.261 e. The summed E-state index contributed by atoms with van der Waals surface area (Å²) in [6.07, 6.45) is 2.75. The van der Waals surface area contributed by atoms with Crippen molar-refractivity contribution < 1.29 is 13.9 Å². The molecule has 0 N–H and O–H groups in total. The van der Waals surface area contributed by atoms with E-state index in [9.17, 15) is 0 Å². The fraction of sp³-hybridized carbons (Fsp3) is 0.375. The fourth-order valence-electron chi connectivity index (χ4n) is 5.35. The van der Waals surface area contributed by atoms with Crippen molar-refractivity contribution in [3.8, 4) is 0 Å². The molecule has 0 radical (unpaired) electrons. The molecule has 0 aliphatic carbocycles. The molecule has 4 rings (SSSR count). The molecular weight excluding hydrogens is 460 g/mol. The molecule has 0 saturated carbocycles. The van der Waals surface area contributed by atoms with Crippen LogP contribution in [0.1, 0.15) is 45.6 Å². The van der Waals surface area contributed by atoms with Gasteiger partial charge in [-0.2, -0.15) is 0 Å². The molecule has 3 nitrogen and oxygen atoms in total. The van der Waals surface area contributed by atoms with Crippen LogP contribution >= 0.6 is 0 Å². The SMILES string of the molecule is C=C1C[C@@H](CCO[Si](c2ccccc2)(c2ccccc2)C(C)(C)C)O[C@@H](COCc2ccccc2)C1. The van der Waals surface area contributed by atoms with Crippen LogP contribution in [0.4, 0.5) is 0 Å². The maximum Gasteiger partial charge on any atom is 0.261 e. The van der Waals surface area contributed by atoms with Gasteiger partial charge in [0.1, 0.15) is 0 Å². The minimum Gasteiger partial charge on any atom is -0.407 e. The molecule has 0 amide bonds. The van der Waals surface area contributed by atoms with Gasteiger partial charge in [0, 0.05) is 6.61 Å². The molecule has 3 aromatic rings. The molecule has 3 aromatic carbocycles. The molecule has 0 spiro atoms. The molecule has 1 saturated heterocycles. The highest BCUT2D eigenvalue weighted by atomic mass is 28.4. The molecule has 1 heterocycles. The van der Waals surface area contributed by atoms with E-state index in [1.807, 2.05) is 18.2 Å². The highest BCUT2D eigenvalue weighted by Gasteiger charge is 2.50. The third-order valence-electron chi connectivity index (χ3n) is 7.01. The normalized spacial score (nSPS) is 18.8. The second kappa shape index (κ2) is 12.2. The van der Waals surface area contributed by atoms with E-state index in [0.29, 0.717) is 19.8 Å². The minimum absolute atomic E-state index is 0.0272. The minimum atomic E-state index is -2.53. The van der Waals surface area contributed by atoms with Crippen LogP contribution < -0.4 is 10.4 Å². The molecule has 190 valence electrons. The van der Waals surface area contributed by atoms with Crippen LogP contribution in [0.5, 0.6) is 0 Å². The van der Waals surface area contributed by atoms with Crippen molar-refractivity contribution in [2.45, 2.75) is 63.9 Å². The number of hydrogen-bond acceptors (Lipinski definition) is 3. The van der Waals surface area contributed by atoms with Crippen molar-refractivity contribution >= 4 is 18.7 Å².